The van der Waals surface area contributed by atoms with Gasteiger partial charge >= 0.3 is 0 Å². The third kappa shape index (κ3) is 3.63. The largest absolute Gasteiger partial charge is 0.366 e. The number of hydrogen-bond acceptors (Lipinski definition) is 5. The molecule has 0 fully saturated rings. The Hall–Kier alpha value is -3.08. The van der Waals surface area contributed by atoms with Crippen LogP contribution in [-0.2, 0) is 0 Å². The number of anilines is 1. The molecular formula is C16H15F2N5O. The van der Waals surface area contributed by atoms with E-state index in [-0.39, 0.29) is 13.1 Å². The number of hydrogen-bond donors (Lipinski definition) is 2. The van der Waals surface area contributed by atoms with E-state index in [2.05, 4.69) is 20.8 Å². The third-order valence-corrected chi connectivity index (χ3v) is 3.46. The van der Waals surface area contributed by atoms with Crippen molar-refractivity contribution < 1.29 is 13.6 Å². The van der Waals surface area contributed by atoms with Gasteiger partial charge in [0.15, 0.2) is 5.82 Å². The summed E-state index contributed by atoms with van der Waals surface area (Å²) in [5.41, 5.74) is 1.11. The van der Waals surface area contributed by atoms with Crippen LogP contribution in [0.4, 0.5) is 14.6 Å². The molecule has 0 spiro atoms. The molecule has 8 heteroatoms. The van der Waals surface area contributed by atoms with Gasteiger partial charge in [-0.1, -0.05) is 6.07 Å². The van der Waals surface area contributed by atoms with Gasteiger partial charge in [-0.25, -0.2) is 8.78 Å². The fourth-order valence-corrected chi connectivity index (χ4v) is 2.03. The van der Waals surface area contributed by atoms with Crippen molar-refractivity contribution in [1.82, 2.24) is 15.5 Å². The molecule has 2 rings (SSSR count). The van der Waals surface area contributed by atoms with Crippen molar-refractivity contribution in [2.45, 2.75) is 13.8 Å². The molecule has 124 valence electrons. The van der Waals surface area contributed by atoms with Gasteiger partial charge in [-0.2, -0.15) is 10.4 Å². The second-order valence-electron chi connectivity index (χ2n) is 5.03. The van der Waals surface area contributed by atoms with E-state index in [1.54, 1.807) is 13.8 Å². The van der Waals surface area contributed by atoms with Gasteiger partial charge in [-0.15, -0.1) is 5.10 Å². The number of nitriles is 1. The second-order valence-corrected chi connectivity index (χ2v) is 5.03. The molecule has 0 radical (unpaired) electrons. The molecule has 24 heavy (non-hydrogen) atoms. The van der Waals surface area contributed by atoms with Crippen LogP contribution >= 0.6 is 0 Å². The summed E-state index contributed by atoms with van der Waals surface area (Å²) in [6.45, 7) is 3.81. The lowest BCUT2D eigenvalue weighted by Gasteiger charge is -2.10. The standard InChI is InChI=1S/C16H15F2N5O/c1-9-10(2)22-23-15(11(9)8-19)20-6-7-21-16(24)14-12(17)4-3-5-13(14)18/h3-5H,6-7H2,1-2H3,(H,20,23)(H,21,24). The van der Waals surface area contributed by atoms with Gasteiger partial charge in [-0.3, -0.25) is 4.79 Å². The highest BCUT2D eigenvalue weighted by Crippen LogP contribution is 2.16. The van der Waals surface area contributed by atoms with E-state index in [0.29, 0.717) is 22.6 Å². The van der Waals surface area contributed by atoms with Crippen LogP contribution in [0.15, 0.2) is 18.2 Å². The highest BCUT2D eigenvalue weighted by molar-refractivity contribution is 5.94. The molecule has 1 amide bonds. The summed E-state index contributed by atoms with van der Waals surface area (Å²) in [6, 6.07) is 5.26. The van der Waals surface area contributed by atoms with Crippen molar-refractivity contribution in [3.63, 3.8) is 0 Å². The van der Waals surface area contributed by atoms with E-state index < -0.39 is 23.1 Å². The summed E-state index contributed by atoms with van der Waals surface area (Å²) in [7, 11) is 0. The Bertz CT molecular complexity index is 797. The fourth-order valence-electron chi connectivity index (χ4n) is 2.03. The van der Waals surface area contributed by atoms with Crippen molar-refractivity contribution in [3.05, 3.63) is 52.2 Å². The minimum atomic E-state index is -0.924. The van der Waals surface area contributed by atoms with Crippen molar-refractivity contribution in [2.24, 2.45) is 0 Å². The van der Waals surface area contributed by atoms with Gasteiger partial charge in [0.1, 0.15) is 28.8 Å². The molecule has 6 nitrogen and oxygen atoms in total. The van der Waals surface area contributed by atoms with Crippen LogP contribution in [0.2, 0.25) is 0 Å². The number of benzene rings is 1. The number of carbonyl (C=O) groups is 1. The first-order chi connectivity index (χ1) is 11.5. The van der Waals surface area contributed by atoms with Crippen LogP contribution < -0.4 is 10.6 Å². The van der Waals surface area contributed by atoms with Crippen LogP contribution in [0.1, 0.15) is 27.2 Å². The maximum absolute atomic E-state index is 13.5. The predicted octanol–water partition coefficient (Wildman–Crippen LogP) is 2.09. The highest BCUT2D eigenvalue weighted by atomic mass is 19.1. The van der Waals surface area contributed by atoms with Crippen LogP contribution in [-0.4, -0.2) is 29.2 Å². The van der Waals surface area contributed by atoms with Crippen molar-refractivity contribution in [3.8, 4) is 6.07 Å². The molecule has 0 saturated carbocycles. The Morgan fingerprint density at radius 1 is 1.21 bits per heavy atom. The minimum absolute atomic E-state index is 0.0894. The molecule has 1 heterocycles. The number of aromatic nitrogens is 2. The molecule has 0 unspecified atom stereocenters. The molecule has 2 aromatic rings. The molecule has 0 aliphatic rings. The smallest absolute Gasteiger partial charge is 0.257 e. The molecule has 1 aromatic carbocycles. The van der Waals surface area contributed by atoms with E-state index in [1.165, 1.54) is 6.07 Å². The van der Waals surface area contributed by atoms with Gasteiger partial charge in [0.05, 0.1) is 5.69 Å². The summed E-state index contributed by atoms with van der Waals surface area (Å²) < 4.78 is 27.0. The zero-order valence-electron chi connectivity index (χ0n) is 13.2. The average molecular weight is 331 g/mol. The minimum Gasteiger partial charge on any atom is -0.366 e. The zero-order valence-corrected chi connectivity index (χ0v) is 13.2. The number of aryl methyl sites for hydroxylation is 1. The fraction of sp³-hybridized carbons (Fsp3) is 0.250. The number of nitrogens with zero attached hydrogens (tertiary/aromatic N) is 3. The summed E-state index contributed by atoms with van der Waals surface area (Å²) in [5, 5.41) is 22.3. The number of nitrogens with one attached hydrogen (secondary N) is 2. The van der Waals surface area contributed by atoms with E-state index in [1.807, 2.05) is 6.07 Å². The molecule has 2 N–H and O–H groups in total. The summed E-state index contributed by atoms with van der Waals surface area (Å²) in [6.07, 6.45) is 0. The van der Waals surface area contributed by atoms with E-state index in [9.17, 15) is 13.6 Å². The topological polar surface area (TPSA) is 90.7 Å². The first kappa shape index (κ1) is 17.3. The van der Waals surface area contributed by atoms with Crippen molar-refractivity contribution >= 4 is 11.7 Å². The van der Waals surface area contributed by atoms with E-state index >= 15 is 0 Å². The van der Waals surface area contributed by atoms with Gasteiger partial charge in [0, 0.05) is 13.1 Å². The molecule has 0 aliphatic heterocycles. The van der Waals surface area contributed by atoms with Crippen molar-refractivity contribution in [2.75, 3.05) is 18.4 Å². The number of amides is 1. The molecule has 0 atom stereocenters. The monoisotopic (exact) mass is 331 g/mol. The van der Waals surface area contributed by atoms with Crippen molar-refractivity contribution in [1.29, 1.82) is 5.26 Å². The van der Waals surface area contributed by atoms with Gasteiger partial charge in [-0.05, 0) is 31.5 Å². The maximum atomic E-state index is 13.5. The Labute approximate surface area is 137 Å². The highest BCUT2D eigenvalue weighted by Gasteiger charge is 2.16. The number of halogens is 2. The first-order valence-electron chi connectivity index (χ1n) is 7.15. The molecule has 0 saturated heterocycles. The average Bonchev–Trinajstić information content (AvgIpc) is 2.54. The number of rotatable bonds is 5. The lowest BCUT2D eigenvalue weighted by molar-refractivity contribution is 0.0946. The Balaban J connectivity index is 1.96. The molecule has 0 aliphatic carbocycles. The number of carbonyl (C=O) groups excluding carboxylic acids is 1. The van der Waals surface area contributed by atoms with Gasteiger partial charge in [0.2, 0.25) is 0 Å². The zero-order chi connectivity index (χ0) is 17.7. The normalized spacial score (nSPS) is 10.1. The predicted molar refractivity (Wildman–Crippen MR) is 83.4 cm³/mol. The Morgan fingerprint density at radius 2 is 1.88 bits per heavy atom. The van der Waals surface area contributed by atoms with E-state index in [0.717, 1.165) is 12.1 Å². The van der Waals surface area contributed by atoms with Gasteiger partial charge in [0.25, 0.3) is 5.91 Å². The maximum Gasteiger partial charge on any atom is 0.257 e. The lowest BCUT2D eigenvalue weighted by Crippen LogP contribution is -2.30. The molecule has 0 bridgehead atoms. The van der Waals surface area contributed by atoms with Crippen LogP contribution in [0.5, 0.6) is 0 Å². The van der Waals surface area contributed by atoms with Gasteiger partial charge < -0.3 is 10.6 Å². The third-order valence-electron chi connectivity index (χ3n) is 3.46. The Kier molecular flexibility index (Phi) is 5.37. The Morgan fingerprint density at radius 3 is 2.50 bits per heavy atom. The first-order valence-corrected chi connectivity index (χ1v) is 7.15. The second kappa shape index (κ2) is 7.46. The van der Waals surface area contributed by atoms with Crippen LogP contribution in [0, 0.1) is 36.8 Å². The lowest BCUT2D eigenvalue weighted by atomic mass is 10.1. The molecule has 1 aromatic heterocycles. The van der Waals surface area contributed by atoms with Crippen LogP contribution in [0.25, 0.3) is 0 Å². The van der Waals surface area contributed by atoms with E-state index in [4.69, 9.17) is 5.26 Å². The quantitative estimate of drug-likeness (QED) is 0.819. The SMILES string of the molecule is Cc1nnc(NCCNC(=O)c2c(F)cccc2F)c(C#N)c1C. The molecular weight excluding hydrogens is 316 g/mol. The summed E-state index contributed by atoms with van der Waals surface area (Å²) in [4.78, 5) is 11.8. The summed E-state index contributed by atoms with van der Waals surface area (Å²) in [5.74, 6) is -2.40. The summed E-state index contributed by atoms with van der Waals surface area (Å²) >= 11 is 0. The van der Waals surface area contributed by atoms with Crippen LogP contribution in [0.3, 0.4) is 0 Å².